The van der Waals surface area contributed by atoms with Gasteiger partial charge >= 0.3 is 0 Å². The van der Waals surface area contributed by atoms with Crippen LogP contribution < -0.4 is 4.74 Å². The van der Waals surface area contributed by atoms with E-state index in [2.05, 4.69) is 6.92 Å². The Morgan fingerprint density at radius 1 is 0.852 bits per heavy atom. The second kappa shape index (κ2) is 11.1. The highest BCUT2D eigenvalue weighted by atomic mass is 32.2. The molecule has 2 aromatic carbocycles. The molecule has 0 spiro atoms. The van der Waals surface area contributed by atoms with Crippen molar-refractivity contribution in [2.75, 3.05) is 0 Å². The minimum Gasteiger partial charge on any atom is -0.457 e. The van der Waals surface area contributed by atoms with Crippen molar-refractivity contribution in [2.24, 2.45) is 0 Å². The SMILES string of the molecule is CCCCCCCCCCc1cc(S(=O)(=O)O)ccc1Oc1ccccc1. The van der Waals surface area contributed by atoms with E-state index in [1.54, 1.807) is 6.07 Å². The van der Waals surface area contributed by atoms with Crippen LogP contribution in [0, 0.1) is 0 Å². The van der Waals surface area contributed by atoms with Crippen molar-refractivity contribution in [3.63, 3.8) is 0 Å². The summed E-state index contributed by atoms with van der Waals surface area (Å²) in [5.74, 6) is 1.34. The fourth-order valence-corrected chi connectivity index (χ4v) is 3.61. The van der Waals surface area contributed by atoms with Crippen LogP contribution in [0.2, 0.25) is 0 Å². The maximum absolute atomic E-state index is 11.5. The fourth-order valence-electron chi connectivity index (χ4n) is 3.08. The van der Waals surface area contributed by atoms with E-state index < -0.39 is 10.1 Å². The van der Waals surface area contributed by atoms with Crippen LogP contribution in [0.25, 0.3) is 0 Å². The summed E-state index contributed by atoms with van der Waals surface area (Å²) < 4.78 is 38.2. The van der Waals surface area contributed by atoms with Crippen LogP contribution in [-0.2, 0) is 16.5 Å². The normalized spacial score (nSPS) is 11.5. The van der Waals surface area contributed by atoms with E-state index in [1.807, 2.05) is 30.3 Å². The maximum Gasteiger partial charge on any atom is 0.294 e. The highest BCUT2D eigenvalue weighted by Gasteiger charge is 2.14. The highest BCUT2D eigenvalue weighted by Crippen LogP contribution is 2.29. The molecule has 0 aliphatic carbocycles. The van der Waals surface area contributed by atoms with Crippen molar-refractivity contribution in [1.29, 1.82) is 0 Å². The molecule has 0 fully saturated rings. The van der Waals surface area contributed by atoms with Gasteiger partial charge in [-0.2, -0.15) is 8.42 Å². The van der Waals surface area contributed by atoms with Gasteiger partial charge in [-0.05, 0) is 48.7 Å². The fraction of sp³-hybridized carbons (Fsp3) is 0.455. The predicted octanol–water partition coefficient (Wildman–Crippen LogP) is 6.41. The van der Waals surface area contributed by atoms with E-state index in [0.717, 1.165) is 24.8 Å². The van der Waals surface area contributed by atoms with Crippen LogP contribution in [0.5, 0.6) is 11.5 Å². The smallest absolute Gasteiger partial charge is 0.294 e. The van der Waals surface area contributed by atoms with Gasteiger partial charge in [0.15, 0.2) is 0 Å². The lowest BCUT2D eigenvalue weighted by Crippen LogP contribution is -2.01. The summed E-state index contributed by atoms with van der Waals surface area (Å²) in [5, 5.41) is 0. The molecule has 0 radical (unpaired) electrons. The first-order valence-corrected chi connectivity index (χ1v) is 11.3. The van der Waals surface area contributed by atoms with Gasteiger partial charge in [0.25, 0.3) is 10.1 Å². The molecule has 0 saturated heterocycles. The van der Waals surface area contributed by atoms with Crippen LogP contribution in [-0.4, -0.2) is 13.0 Å². The zero-order chi connectivity index (χ0) is 19.5. The number of ether oxygens (including phenoxy) is 1. The molecule has 0 aliphatic rings. The summed E-state index contributed by atoms with van der Waals surface area (Å²) in [4.78, 5) is -0.0857. The number of hydrogen-bond acceptors (Lipinski definition) is 3. The molecule has 0 amide bonds. The zero-order valence-corrected chi connectivity index (χ0v) is 16.9. The minimum absolute atomic E-state index is 0.0857. The second-order valence-electron chi connectivity index (χ2n) is 6.88. The molecular weight excluding hydrogens is 360 g/mol. The van der Waals surface area contributed by atoms with E-state index in [4.69, 9.17) is 4.74 Å². The third-order valence-electron chi connectivity index (χ3n) is 4.60. The molecule has 5 heteroatoms. The summed E-state index contributed by atoms with van der Waals surface area (Å²) in [7, 11) is -4.22. The average molecular weight is 391 g/mol. The van der Waals surface area contributed by atoms with Gasteiger partial charge in [-0.1, -0.05) is 70.1 Å². The quantitative estimate of drug-likeness (QED) is 0.336. The molecule has 0 saturated carbocycles. The third-order valence-corrected chi connectivity index (χ3v) is 5.45. The van der Waals surface area contributed by atoms with E-state index in [9.17, 15) is 13.0 Å². The predicted molar refractivity (Wildman–Crippen MR) is 109 cm³/mol. The van der Waals surface area contributed by atoms with Crippen molar-refractivity contribution in [2.45, 2.75) is 69.6 Å². The molecule has 1 N–H and O–H groups in total. The van der Waals surface area contributed by atoms with Crippen molar-refractivity contribution in [3.8, 4) is 11.5 Å². The van der Waals surface area contributed by atoms with Gasteiger partial charge in [-0.3, -0.25) is 4.55 Å². The van der Waals surface area contributed by atoms with E-state index in [0.29, 0.717) is 11.5 Å². The summed E-state index contributed by atoms with van der Waals surface area (Å²) in [6.45, 7) is 2.22. The van der Waals surface area contributed by atoms with E-state index >= 15 is 0 Å². The Hall–Kier alpha value is -1.85. The topological polar surface area (TPSA) is 63.6 Å². The Bertz CT molecular complexity index is 785. The van der Waals surface area contributed by atoms with Crippen LogP contribution >= 0.6 is 0 Å². The van der Waals surface area contributed by atoms with Crippen molar-refractivity contribution in [3.05, 3.63) is 54.1 Å². The number of unbranched alkanes of at least 4 members (excludes halogenated alkanes) is 7. The molecule has 2 aromatic rings. The van der Waals surface area contributed by atoms with Gasteiger partial charge in [0.05, 0.1) is 4.90 Å². The van der Waals surface area contributed by atoms with Gasteiger partial charge in [0, 0.05) is 0 Å². The Morgan fingerprint density at radius 2 is 1.48 bits per heavy atom. The number of rotatable bonds is 12. The van der Waals surface area contributed by atoms with Crippen LogP contribution in [0.15, 0.2) is 53.4 Å². The maximum atomic E-state index is 11.5. The number of hydrogen-bond donors (Lipinski definition) is 1. The molecule has 27 heavy (non-hydrogen) atoms. The Balaban J connectivity index is 1.98. The van der Waals surface area contributed by atoms with E-state index in [-0.39, 0.29) is 4.90 Å². The van der Waals surface area contributed by atoms with Crippen LogP contribution in [0.3, 0.4) is 0 Å². The summed E-state index contributed by atoms with van der Waals surface area (Å²) in [6, 6.07) is 13.9. The molecule has 2 rings (SSSR count). The molecule has 0 aromatic heterocycles. The molecule has 4 nitrogen and oxygen atoms in total. The summed E-state index contributed by atoms with van der Waals surface area (Å²) in [5.41, 5.74) is 0.806. The second-order valence-corrected chi connectivity index (χ2v) is 8.31. The number of aryl methyl sites for hydroxylation is 1. The van der Waals surface area contributed by atoms with Crippen molar-refractivity contribution in [1.82, 2.24) is 0 Å². The zero-order valence-electron chi connectivity index (χ0n) is 16.1. The molecular formula is C22H30O4S. The number of benzene rings is 2. The van der Waals surface area contributed by atoms with Gasteiger partial charge in [-0.15, -0.1) is 0 Å². The molecule has 0 unspecified atom stereocenters. The molecule has 0 atom stereocenters. The largest absolute Gasteiger partial charge is 0.457 e. The van der Waals surface area contributed by atoms with Gasteiger partial charge in [-0.25, -0.2) is 0 Å². The number of para-hydroxylation sites is 1. The first-order chi connectivity index (χ1) is 13.0. The van der Waals surface area contributed by atoms with Crippen LogP contribution in [0.1, 0.15) is 63.9 Å². The van der Waals surface area contributed by atoms with Gasteiger partial charge < -0.3 is 4.74 Å². The lowest BCUT2D eigenvalue weighted by molar-refractivity contribution is 0.470. The standard InChI is InChI=1S/C22H30O4S/c1-2-3-4-5-6-7-8-10-13-19-18-21(27(23,24)25)16-17-22(19)26-20-14-11-9-12-15-20/h9,11-12,14-18H,2-8,10,13H2,1H3,(H,23,24,25). The lowest BCUT2D eigenvalue weighted by atomic mass is 10.0. The molecule has 148 valence electrons. The summed E-state index contributed by atoms with van der Waals surface area (Å²) >= 11 is 0. The minimum atomic E-state index is -4.22. The highest BCUT2D eigenvalue weighted by molar-refractivity contribution is 7.85. The Kier molecular flexibility index (Phi) is 8.82. The molecule has 0 heterocycles. The third kappa shape index (κ3) is 7.73. The van der Waals surface area contributed by atoms with Gasteiger partial charge in [0.1, 0.15) is 11.5 Å². The first-order valence-electron chi connectivity index (χ1n) is 9.84. The van der Waals surface area contributed by atoms with Crippen LogP contribution in [0.4, 0.5) is 0 Å². The molecule has 0 bridgehead atoms. The monoisotopic (exact) mass is 390 g/mol. The lowest BCUT2D eigenvalue weighted by Gasteiger charge is -2.12. The Morgan fingerprint density at radius 3 is 2.11 bits per heavy atom. The van der Waals surface area contributed by atoms with Crippen molar-refractivity contribution >= 4 is 10.1 Å². The first kappa shape index (κ1) is 21.5. The molecule has 0 aliphatic heterocycles. The summed E-state index contributed by atoms with van der Waals surface area (Å²) in [6.07, 6.45) is 10.4. The Labute approximate surface area is 163 Å². The average Bonchev–Trinajstić information content (AvgIpc) is 2.65. The van der Waals surface area contributed by atoms with E-state index in [1.165, 1.54) is 50.7 Å². The van der Waals surface area contributed by atoms with Crippen molar-refractivity contribution < 1.29 is 17.7 Å². The van der Waals surface area contributed by atoms with Gasteiger partial charge in [0.2, 0.25) is 0 Å².